The minimum Gasteiger partial charge on any atom is -0.394 e. The van der Waals surface area contributed by atoms with Crippen molar-refractivity contribution in [1.29, 1.82) is 0 Å². The Balaban J connectivity index is 1.73. The van der Waals surface area contributed by atoms with Crippen LogP contribution in [0.2, 0.25) is 0 Å². The van der Waals surface area contributed by atoms with E-state index in [0.29, 0.717) is 26.1 Å². The van der Waals surface area contributed by atoms with E-state index in [1.165, 1.54) is 18.0 Å². The van der Waals surface area contributed by atoms with Gasteiger partial charge in [-0.15, -0.1) is 0 Å². The Morgan fingerprint density at radius 1 is 1.46 bits per heavy atom. The number of methoxy groups -OCH3 is 1. The summed E-state index contributed by atoms with van der Waals surface area (Å²) in [5.41, 5.74) is 5.42. The first-order chi connectivity index (χ1) is 13.5. The van der Waals surface area contributed by atoms with Gasteiger partial charge in [0.05, 0.1) is 26.1 Å². The van der Waals surface area contributed by atoms with Gasteiger partial charge in [-0.25, -0.2) is 4.98 Å². The number of aliphatic hydroxyl groups excluding tert-OH is 2. The smallest absolute Gasteiger partial charge is 0.280 e. The van der Waals surface area contributed by atoms with Crippen LogP contribution in [0.1, 0.15) is 19.1 Å². The fourth-order valence-electron chi connectivity index (χ4n) is 3.65. The van der Waals surface area contributed by atoms with Crippen LogP contribution in [0.3, 0.4) is 0 Å². The molecule has 0 radical (unpaired) electrons. The van der Waals surface area contributed by atoms with Crippen molar-refractivity contribution < 1.29 is 29.2 Å². The lowest BCUT2D eigenvalue weighted by Gasteiger charge is -2.39. The summed E-state index contributed by atoms with van der Waals surface area (Å²) in [4.78, 5) is 22.6. The van der Waals surface area contributed by atoms with E-state index in [0.717, 1.165) is 0 Å². The second-order valence-electron chi connectivity index (χ2n) is 6.82. The van der Waals surface area contributed by atoms with E-state index >= 15 is 0 Å². The summed E-state index contributed by atoms with van der Waals surface area (Å²) in [6.07, 6.45) is -1.53. The van der Waals surface area contributed by atoms with Gasteiger partial charge in [-0.2, -0.15) is 4.98 Å². The number of aromatic nitrogens is 4. The summed E-state index contributed by atoms with van der Waals surface area (Å²) < 4.78 is 24.5. The maximum absolute atomic E-state index is 12.1. The van der Waals surface area contributed by atoms with Gasteiger partial charge in [0.1, 0.15) is 18.3 Å². The van der Waals surface area contributed by atoms with Crippen molar-refractivity contribution in [3.63, 3.8) is 0 Å². The van der Waals surface area contributed by atoms with Crippen molar-refractivity contribution in [2.75, 3.05) is 32.7 Å². The summed E-state index contributed by atoms with van der Waals surface area (Å²) in [5.74, 6) is -1.04. The van der Waals surface area contributed by atoms with E-state index in [1.54, 1.807) is 0 Å². The van der Waals surface area contributed by atoms with Gasteiger partial charge < -0.3 is 34.9 Å². The van der Waals surface area contributed by atoms with E-state index < -0.39 is 42.5 Å². The summed E-state index contributed by atoms with van der Waals surface area (Å²) in [5, 5.41) is 20.3. The topological polar surface area (TPSA) is 167 Å². The van der Waals surface area contributed by atoms with E-state index in [2.05, 4.69) is 15.0 Å². The zero-order valence-corrected chi connectivity index (χ0v) is 15.3. The Morgan fingerprint density at radius 3 is 2.89 bits per heavy atom. The number of nitrogens with zero attached hydrogens (tertiary/aromatic N) is 3. The maximum Gasteiger partial charge on any atom is 0.280 e. The van der Waals surface area contributed by atoms with Gasteiger partial charge in [-0.05, 0) is 0 Å². The van der Waals surface area contributed by atoms with Crippen molar-refractivity contribution in [3.8, 4) is 0 Å². The molecule has 12 nitrogen and oxygen atoms in total. The third-order valence-electron chi connectivity index (χ3n) is 5.20. The van der Waals surface area contributed by atoms with Gasteiger partial charge in [-0.3, -0.25) is 14.3 Å². The van der Waals surface area contributed by atoms with Crippen LogP contribution in [0.15, 0.2) is 11.1 Å². The van der Waals surface area contributed by atoms with Gasteiger partial charge in [0.2, 0.25) is 5.95 Å². The molecule has 4 heterocycles. The molecule has 28 heavy (non-hydrogen) atoms. The summed E-state index contributed by atoms with van der Waals surface area (Å²) in [7, 11) is 1.53. The van der Waals surface area contributed by atoms with Crippen LogP contribution in [0.4, 0.5) is 5.95 Å². The number of rotatable bonds is 5. The number of nitrogen functional groups attached to an aromatic ring is 1. The van der Waals surface area contributed by atoms with Crippen LogP contribution in [0, 0.1) is 0 Å². The highest BCUT2D eigenvalue weighted by Crippen LogP contribution is 2.38. The molecule has 154 valence electrons. The van der Waals surface area contributed by atoms with E-state index in [4.69, 9.17) is 24.7 Å². The number of nitrogens with two attached hydrogens (primary N) is 1. The minimum absolute atomic E-state index is 0.0750. The molecule has 4 atom stereocenters. The number of nitrogens with one attached hydrogen (secondary N) is 1. The molecule has 0 spiro atoms. The summed E-state index contributed by atoms with van der Waals surface area (Å²) >= 11 is 0. The summed E-state index contributed by atoms with van der Waals surface area (Å²) in [6.45, 7) is 0.490. The average molecular weight is 397 g/mol. The Kier molecular flexibility index (Phi) is 5.07. The van der Waals surface area contributed by atoms with Crippen LogP contribution in [0.25, 0.3) is 11.2 Å². The van der Waals surface area contributed by atoms with Crippen molar-refractivity contribution in [3.05, 3.63) is 16.7 Å². The number of ether oxygens (including phenoxy) is 4. The first kappa shape index (κ1) is 19.2. The number of aliphatic hydroxyl groups is 2. The largest absolute Gasteiger partial charge is 0.394 e. The Bertz CT molecular complexity index is 893. The molecule has 5 N–H and O–H groups in total. The standard InChI is InChI=1S/C16H23N5O7/c1-25-16(2-4-26-5-3-16)28-11-10(23)8(6-22)27-14(11)21-7-18-9-12(21)19-15(17)20-13(9)24/h7-8,10-11,14,22-23H,2-6H2,1H3,(H3,17,19,20,24)/t8-,10-,11-,14-/m1/s1. The fourth-order valence-corrected chi connectivity index (χ4v) is 3.65. The van der Waals surface area contributed by atoms with Gasteiger partial charge in [0.15, 0.2) is 23.2 Å². The number of anilines is 1. The zero-order valence-electron chi connectivity index (χ0n) is 15.3. The molecule has 2 aliphatic heterocycles. The van der Waals surface area contributed by atoms with Gasteiger partial charge in [0, 0.05) is 20.0 Å². The van der Waals surface area contributed by atoms with E-state index in [9.17, 15) is 15.0 Å². The van der Waals surface area contributed by atoms with Gasteiger partial charge in [-0.1, -0.05) is 0 Å². The van der Waals surface area contributed by atoms with Crippen LogP contribution in [-0.2, 0) is 18.9 Å². The first-order valence-electron chi connectivity index (χ1n) is 8.95. The van der Waals surface area contributed by atoms with E-state index in [-0.39, 0.29) is 17.1 Å². The van der Waals surface area contributed by atoms with Crippen LogP contribution in [-0.4, -0.2) is 80.8 Å². The summed E-state index contributed by atoms with van der Waals surface area (Å²) in [6, 6.07) is 0. The monoisotopic (exact) mass is 397 g/mol. The minimum atomic E-state index is -1.14. The van der Waals surface area contributed by atoms with Crippen molar-refractivity contribution in [2.24, 2.45) is 0 Å². The quantitative estimate of drug-likeness (QED) is 0.435. The molecular weight excluding hydrogens is 374 g/mol. The fraction of sp³-hybridized carbons (Fsp3) is 0.688. The Morgan fingerprint density at radius 2 is 2.21 bits per heavy atom. The number of aromatic amines is 1. The zero-order chi connectivity index (χ0) is 19.9. The molecule has 2 saturated heterocycles. The highest BCUT2D eigenvalue weighted by atomic mass is 16.7. The van der Waals surface area contributed by atoms with E-state index in [1.807, 2.05) is 0 Å². The normalized spacial score (nSPS) is 30.1. The first-order valence-corrected chi connectivity index (χ1v) is 8.95. The molecular formula is C16H23N5O7. The van der Waals surface area contributed by atoms with Crippen LogP contribution >= 0.6 is 0 Å². The molecule has 12 heteroatoms. The number of hydrogen-bond donors (Lipinski definition) is 4. The van der Waals surface area contributed by atoms with Crippen molar-refractivity contribution >= 4 is 17.1 Å². The number of fused-ring (bicyclic) bond motifs is 1. The number of hydrogen-bond acceptors (Lipinski definition) is 10. The van der Waals surface area contributed by atoms with Gasteiger partial charge >= 0.3 is 0 Å². The molecule has 0 aromatic carbocycles. The lowest BCUT2D eigenvalue weighted by molar-refractivity contribution is -0.292. The molecule has 0 bridgehead atoms. The third kappa shape index (κ3) is 3.17. The van der Waals surface area contributed by atoms with Crippen molar-refractivity contribution in [2.45, 2.75) is 43.2 Å². The second kappa shape index (κ2) is 7.39. The van der Waals surface area contributed by atoms with Crippen LogP contribution < -0.4 is 11.3 Å². The third-order valence-corrected chi connectivity index (χ3v) is 5.20. The molecule has 0 aliphatic carbocycles. The second-order valence-corrected chi connectivity index (χ2v) is 6.82. The molecule has 2 fully saturated rings. The van der Waals surface area contributed by atoms with Crippen LogP contribution in [0.5, 0.6) is 0 Å². The maximum atomic E-state index is 12.1. The molecule has 4 rings (SSSR count). The molecule has 2 aromatic rings. The highest BCUT2D eigenvalue weighted by Gasteiger charge is 2.50. The average Bonchev–Trinajstić information content (AvgIpc) is 3.24. The molecule has 2 aromatic heterocycles. The predicted octanol–water partition coefficient (Wildman–Crippen LogP) is -1.51. The SMILES string of the molecule is COC1(O[C@@H]2[C@H](O)[C@@H](CO)O[C@H]2n2cnc3c(=O)[nH]c(N)nc32)CCOCC1. The Labute approximate surface area is 159 Å². The molecule has 2 aliphatic rings. The van der Waals surface area contributed by atoms with Crippen molar-refractivity contribution in [1.82, 2.24) is 19.5 Å². The van der Waals surface area contributed by atoms with Gasteiger partial charge in [0.25, 0.3) is 5.56 Å². The Hall–Kier alpha value is -2.09. The molecule has 0 amide bonds. The lowest BCUT2D eigenvalue weighted by Crippen LogP contribution is -2.48. The molecule has 0 saturated carbocycles. The lowest BCUT2D eigenvalue weighted by atomic mass is 10.1. The molecule has 0 unspecified atom stereocenters. The highest BCUT2D eigenvalue weighted by molar-refractivity contribution is 5.70. The predicted molar refractivity (Wildman–Crippen MR) is 94.2 cm³/mol. The number of H-pyrrole nitrogens is 1. The number of imidazole rings is 1.